The average Bonchev–Trinajstić information content (AvgIpc) is 2.60. The van der Waals surface area contributed by atoms with Crippen molar-refractivity contribution in [3.8, 4) is 11.3 Å². The molecule has 0 saturated heterocycles. The Morgan fingerprint density at radius 3 is 2.79 bits per heavy atom. The van der Waals surface area contributed by atoms with E-state index in [-0.39, 0.29) is 24.4 Å². The number of sulfonamides is 1. The molecular formula is C16H17N3O4S. The number of carboxylic acids is 1. The van der Waals surface area contributed by atoms with Crippen LogP contribution in [-0.2, 0) is 23.0 Å². The highest BCUT2D eigenvalue weighted by Crippen LogP contribution is 2.30. The maximum absolute atomic E-state index is 12.1. The van der Waals surface area contributed by atoms with Gasteiger partial charge in [-0.2, -0.15) is 4.31 Å². The lowest BCUT2D eigenvalue weighted by Crippen LogP contribution is -2.37. The highest BCUT2D eigenvalue weighted by atomic mass is 32.2. The van der Waals surface area contributed by atoms with Crippen molar-refractivity contribution < 1.29 is 18.3 Å². The predicted molar refractivity (Wildman–Crippen MR) is 88.0 cm³/mol. The van der Waals surface area contributed by atoms with Gasteiger partial charge in [0.1, 0.15) is 0 Å². The van der Waals surface area contributed by atoms with Crippen LogP contribution in [0.1, 0.15) is 28.4 Å². The molecule has 3 rings (SSSR count). The summed E-state index contributed by atoms with van der Waals surface area (Å²) in [6.45, 7) is 2.03. The van der Waals surface area contributed by atoms with Gasteiger partial charge in [0.15, 0.2) is 0 Å². The molecule has 0 atom stereocenters. The van der Waals surface area contributed by atoms with E-state index in [1.165, 1.54) is 4.31 Å². The average molecular weight is 347 g/mol. The number of carboxylic acid groups (broad SMARTS) is 1. The van der Waals surface area contributed by atoms with Crippen LogP contribution in [0.25, 0.3) is 11.3 Å². The van der Waals surface area contributed by atoms with Crippen molar-refractivity contribution in [2.24, 2.45) is 0 Å². The van der Waals surface area contributed by atoms with Gasteiger partial charge < -0.3 is 5.11 Å². The summed E-state index contributed by atoms with van der Waals surface area (Å²) in [5.41, 5.74) is 2.42. The van der Waals surface area contributed by atoms with Crippen LogP contribution in [0.5, 0.6) is 0 Å². The third-order valence-corrected chi connectivity index (χ3v) is 5.97. The molecule has 1 aliphatic heterocycles. The molecule has 2 aromatic rings. The number of fused-ring (bicyclic) bond motifs is 1. The highest BCUT2D eigenvalue weighted by molar-refractivity contribution is 7.89. The first-order valence-corrected chi connectivity index (χ1v) is 9.17. The summed E-state index contributed by atoms with van der Waals surface area (Å²) in [6, 6.07) is 3.47. The molecule has 126 valence electrons. The zero-order chi connectivity index (χ0) is 17.3. The Bertz CT molecular complexity index is 882. The van der Waals surface area contributed by atoms with Gasteiger partial charge in [0.2, 0.25) is 10.0 Å². The second-order valence-electron chi connectivity index (χ2n) is 5.52. The molecule has 0 amide bonds. The van der Waals surface area contributed by atoms with Gasteiger partial charge in [0.05, 0.1) is 17.0 Å². The number of carbonyl (C=O) groups is 1. The van der Waals surface area contributed by atoms with E-state index < -0.39 is 16.0 Å². The Morgan fingerprint density at radius 2 is 2.17 bits per heavy atom. The molecular weight excluding hydrogens is 330 g/mol. The molecule has 2 aromatic heterocycles. The third-order valence-electron chi connectivity index (χ3n) is 4.14. The quantitative estimate of drug-likeness (QED) is 0.900. The molecule has 1 aliphatic rings. The van der Waals surface area contributed by atoms with Crippen molar-refractivity contribution in [1.82, 2.24) is 14.3 Å². The molecule has 24 heavy (non-hydrogen) atoms. The lowest BCUT2D eigenvalue weighted by Gasteiger charge is -2.28. The molecule has 0 bridgehead atoms. The Hall–Kier alpha value is -2.32. The van der Waals surface area contributed by atoms with Crippen LogP contribution in [0, 0.1) is 0 Å². The largest absolute Gasteiger partial charge is 0.478 e. The maximum atomic E-state index is 12.1. The van der Waals surface area contributed by atoms with Crippen LogP contribution in [0.3, 0.4) is 0 Å². The predicted octanol–water partition coefficient (Wildman–Crippen LogP) is 1.55. The van der Waals surface area contributed by atoms with Gasteiger partial charge in [-0.1, -0.05) is 0 Å². The van der Waals surface area contributed by atoms with Crippen LogP contribution in [0.15, 0.2) is 30.7 Å². The van der Waals surface area contributed by atoms with Crippen LogP contribution < -0.4 is 0 Å². The van der Waals surface area contributed by atoms with E-state index in [9.17, 15) is 18.3 Å². The van der Waals surface area contributed by atoms with Gasteiger partial charge in [-0.3, -0.25) is 9.97 Å². The summed E-state index contributed by atoms with van der Waals surface area (Å²) >= 11 is 0. The topological polar surface area (TPSA) is 100 Å². The lowest BCUT2D eigenvalue weighted by molar-refractivity contribution is 0.0695. The standard InChI is InChI=1S/C16H17N3O4S/c1-2-24(22,23)19-7-5-13-12(10-19)9-18-15(14(13)16(20)21)11-4-3-6-17-8-11/h3-4,6,8-9H,2,5,7,10H2,1H3,(H,20,21). The zero-order valence-electron chi connectivity index (χ0n) is 13.1. The number of aromatic carboxylic acids is 1. The van der Waals surface area contributed by atoms with Crippen molar-refractivity contribution in [2.45, 2.75) is 19.9 Å². The van der Waals surface area contributed by atoms with E-state index in [0.29, 0.717) is 28.8 Å². The monoisotopic (exact) mass is 347 g/mol. The summed E-state index contributed by atoms with van der Waals surface area (Å²) in [6.07, 6.45) is 5.10. The van der Waals surface area contributed by atoms with Gasteiger partial charge in [-0.15, -0.1) is 0 Å². The fourth-order valence-electron chi connectivity index (χ4n) is 2.89. The summed E-state index contributed by atoms with van der Waals surface area (Å²) < 4.78 is 25.5. The van der Waals surface area contributed by atoms with Crippen LogP contribution in [-0.4, -0.2) is 46.1 Å². The second kappa shape index (κ2) is 6.29. The number of aromatic nitrogens is 2. The molecule has 0 radical (unpaired) electrons. The van der Waals surface area contributed by atoms with Crippen LogP contribution in [0.4, 0.5) is 0 Å². The van der Waals surface area contributed by atoms with Gasteiger partial charge in [-0.25, -0.2) is 13.2 Å². The molecule has 3 heterocycles. The first kappa shape index (κ1) is 16.5. The first-order valence-electron chi connectivity index (χ1n) is 7.56. The Kier molecular flexibility index (Phi) is 4.33. The Balaban J connectivity index is 2.09. The summed E-state index contributed by atoms with van der Waals surface area (Å²) in [7, 11) is -3.31. The SMILES string of the molecule is CCS(=O)(=O)N1CCc2c(cnc(-c3cccnc3)c2C(=O)O)C1. The smallest absolute Gasteiger partial charge is 0.338 e. The Morgan fingerprint density at radius 1 is 1.38 bits per heavy atom. The van der Waals surface area contributed by atoms with E-state index in [1.807, 2.05) is 0 Å². The first-order chi connectivity index (χ1) is 11.4. The van der Waals surface area contributed by atoms with Gasteiger partial charge in [0.25, 0.3) is 0 Å². The molecule has 0 fully saturated rings. The van der Waals surface area contributed by atoms with Gasteiger partial charge in [-0.05, 0) is 36.6 Å². The summed E-state index contributed by atoms with van der Waals surface area (Å²) in [5, 5.41) is 9.66. The molecule has 0 unspecified atom stereocenters. The molecule has 7 nitrogen and oxygen atoms in total. The highest BCUT2D eigenvalue weighted by Gasteiger charge is 2.30. The minimum absolute atomic E-state index is 0.0231. The normalized spacial score (nSPS) is 15.0. The van der Waals surface area contributed by atoms with E-state index >= 15 is 0 Å². The van der Waals surface area contributed by atoms with E-state index in [1.54, 1.807) is 37.6 Å². The lowest BCUT2D eigenvalue weighted by atomic mass is 9.94. The number of hydrogen-bond acceptors (Lipinski definition) is 5. The number of rotatable bonds is 4. The van der Waals surface area contributed by atoms with Crippen molar-refractivity contribution in [3.05, 3.63) is 47.4 Å². The maximum Gasteiger partial charge on any atom is 0.338 e. The molecule has 1 N–H and O–H groups in total. The van der Waals surface area contributed by atoms with E-state index in [0.717, 1.165) is 0 Å². The molecule has 0 aliphatic carbocycles. The van der Waals surface area contributed by atoms with Crippen LogP contribution >= 0.6 is 0 Å². The Labute approximate surface area is 140 Å². The zero-order valence-corrected chi connectivity index (χ0v) is 14.0. The van der Waals surface area contributed by atoms with Crippen molar-refractivity contribution >= 4 is 16.0 Å². The minimum atomic E-state index is -3.31. The third kappa shape index (κ3) is 2.90. The second-order valence-corrected chi connectivity index (χ2v) is 7.77. The van der Waals surface area contributed by atoms with E-state index in [4.69, 9.17) is 0 Å². The van der Waals surface area contributed by atoms with Crippen molar-refractivity contribution in [2.75, 3.05) is 12.3 Å². The summed E-state index contributed by atoms with van der Waals surface area (Å²) in [5.74, 6) is -1.04. The van der Waals surface area contributed by atoms with Crippen LogP contribution in [0.2, 0.25) is 0 Å². The molecule has 0 spiro atoms. The number of hydrogen-bond donors (Lipinski definition) is 1. The fourth-order valence-corrected chi connectivity index (χ4v) is 3.96. The number of pyridine rings is 2. The van der Waals surface area contributed by atoms with Gasteiger partial charge in [0, 0.05) is 37.2 Å². The molecule has 8 heteroatoms. The summed E-state index contributed by atoms with van der Waals surface area (Å²) in [4.78, 5) is 20.1. The molecule has 0 saturated carbocycles. The van der Waals surface area contributed by atoms with E-state index in [2.05, 4.69) is 9.97 Å². The van der Waals surface area contributed by atoms with Crippen molar-refractivity contribution in [1.29, 1.82) is 0 Å². The fraction of sp³-hybridized carbons (Fsp3) is 0.312. The minimum Gasteiger partial charge on any atom is -0.478 e. The van der Waals surface area contributed by atoms with Gasteiger partial charge >= 0.3 is 5.97 Å². The molecule has 0 aromatic carbocycles. The number of nitrogens with zero attached hydrogens (tertiary/aromatic N) is 3. The van der Waals surface area contributed by atoms with Crippen molar-refractivity contribution in [3.63, 3.8) is 0 Å².